The SMILES string of the molecule is COc1cc(C)cc2c1C(=C1CCN(C(=O)Cc3cc[n+](O)cc3)CC1)c1ncc(C)cc1CC2. The summed E-state index contributed by atoms with van der Waals surface area (Å²) in [6.45, 7) is 5.59. The van der Waals surface area contributed by atoms with Gasteiger partial charge in [0.15, 0.2) is 0 Å². The molecule has 0 bridgehead atoms. The number of nitrogens with zero attached hydrogens (tertiary/aromatic N) is 3. The molecule has 0 atom stereocenters. The summed E-state index contributed by atoms with van der Waals surface area (Å²) in [7, 11) is 1.74. The zero-order valence-electron chi connectivity index (χ0n) is 20.7. The molecular weight excluding hydrogens is 438 g/mol. The summed E-state index contributed by atoms with van der Waals surface area (Å²) in [6, 6.07) is 10.2. The van der Waals surface area contributed by atoms with Gasteiger partial charge in [-0.15, -0.1) is 0 Å². The van der Waals surface area contributed by atoms with Crippen LogP contribution in [0.2, 0.25) is 0 Å². The fraction of sp³-hybridized carbons (Fsp3) is 0.345. The number of aryl methyl sites for hydroxylation is 4. The first-order chi connectivity index (χ1) is 16.9. The molecule has 35 heavy (non-hydrogen) atoms. The summed E-state index contributed by atoms with van der Waals surface area (Å²) in [6.07, 6.45) is 8.94. The Morgan fingerprint density at radius 1 is 1.03 bits per heavy atom. The van der Waals surface area contributed by atoms with E-state index < -0.39 is 0 Å². The lowest BCUT2D eigenvalue weighted by Gasteiger charge is -2.31. The number of rotatable bonds is 3. The Morgan fingerprint density at radius 3 is 2.43 bits per heavy atom. The minimum Gasteiger partial charge on any atom is -0.496 e. The van der Waals surface area contributed by atoms with E-state index in [1.807, 2.05) is 11.1 Å². The van der Waals surface area contributed by atoms with Crippen LogP contribution < -0.4 is 9.47 Å². The van der Waals surface area contributed by atoms with Crippen molar-refractivity contribution in [2.75, 3.05) is 20.2 Å². The molecule has 0 saturated carbocycles. The highest BCUT2D eigenvalue weighted by molar-refractivity contribution is 5.88. The largest absolute Gasteiger partial charge is 0.496 e. The van der Waals surface area contributed by atoms with Gasteiger partial charge in [0, 0.05) is 47.3 Å². The van der Waals surface area contributed by atoms with Gasteiger partial charge in [-0.1, -0.05) is 17.7 Å². The molecule has 0 unspecified atom stereocenters. The van der Waals surface area contributed by atoms with Crippen molar-refractivity contribution in [3.63, 3.8) is 0 Å². The summed E-state index contributed by atoms with van der Waals surface area (Å²) in [5, 5.41) is 9.42. The average molecular weight is 471 g/mol. The van der Waals surface area contributed by atoms with E-state index in [1.165, 1.54) is 39.0 Å². The van der Waals surface area contributed by atoms with Crippen LogP contribution in [0.15, 0.2) is 54.5 Å². The molecule has 6 nitrogen and oxygen atoms in total. The monoisotopic (exact) mass is 470 g/mol. The lowest BCUT2D eigenvalue weighted by atomic mass is 9.87. The second kappa shape index (κ2) is 9.53. The lowest BCUT2D eigenvalue weighted by Crippen LogP contribution is -2.37. The van der Waals surface area contributed by atoms with E-state index in [4.69, 9.17) is 9.72 Å². The molecule has 1 aliphatic heterocycles. The van der Waals surface area contributed by atoms with Gasteiger partial charge in [-0.05, 0) is 73.4 Å². The number of piperidine rings is 1. The molecule has 3 aromatic rings. The van der Waals surface area contributed by atoms with Crippen molar-refractivity contribution in [3.05, 3.63) is 93.6 Å². The number of hydrogen-bond donors (Lipinski definition) is 1. The molecule has 1 aliphatic carbocycles. The van der Waals surface area contributed by atoms with E-state index in [9.17, 15) is 10.0 Å². The van der Waals surface area contributed by atoms with Crippen LogP contribution in [0.4, 0.5) is 0 Å². The summed E-state index contributed by atoms with van der Waals surface area (Å²) in [5.74, 6) is 1.02. The molecule has 180 valence electrons. The number of ether oxygens (including phenoxy) is 1. The van der Waals surface area contributed by atoms with Crippen molar-refractivity contribution in [1.29, 1.82) is 0 Å². The highest BCUT2D eigenvalue weighted by Crippen LogP contribution is 2.42. The maximum atomic E-state index is 13.0. The van der Waals surface area contributed by atoms with Crippen LogP contribution in [0.25, 0.3) is 5.57 Å². The van der Waals surface area contributed by atoms with Gasteiger partial charge in [-0.2, -0.15) is 0 Å². The quantitative estimate of drug-likeness (QED) is 0.464. The molecule has 0 spiro atoms. The second-order valence-electron chi connectivity index (χ2n) is 9.64. The highest BCUT2D eigenvalue weighted by atomic mass is 16.5. The van der Waals surface area contributed by atoms with Crippen LogP contribution in [-0.2, 0) is 24.1 Å². The fourth-order valence-corrected chi connectivity index (χ4v) is 5.37. The maximum Gasteiger partial charge on any atom is 0.227 e. The minimum absolute atomic E-state index is 0.119. The van der Waals surface area contributed by atoms with E-state index in [0.29, 0.717) is 19.5 Å². The third kappa shape index (κ3) is 4.65. The summed E-state index contributed by atoms with van der Waals surface area (Å²) in [4.78, 5) is 19.9. The zero-order valence-corrected chi connectivity index (χ0v) is 20.7. The van der Waals surface area contributed by atoms with Gasteiger partial charge in [0.25, 0.3) is 0 Å². The molecule has 1 N–H and O–H groups in total. The van der Waals surface area contributed by atoms with Gasteiger partial charge < -0.3 is 9.64 Å². The molecule has 1 saturated heterocycles. The van der Waals surface area contributed by atoms with Crippen molar-refractivity contribution < 1.29 is 19.5 Å². The minimum atomic E-state index is 0.119. The molecule has 5 rings (SSSR count). The number of hydrogen-bond acceptors (Lipinski definition) is 4. The van der Waals surface area contributed by atoms with E-state index in [2.05, 4.69) is 32.0 Å². The van der Waals surface area contributed by atoms with E-state index >= 15 is 0 Å². The standard InChI is InChI=1S/C29H32N3O3/c1-19-14-23-4-5-24-15-20(2)18-30-29(24)28(27(23)25(16-19)35-3)22-8-10-31(11-9-22)26(33)17-21-6-12-32(34)13-7-21/h6-7,12-16,18,34H,4-5,8-11,17H2,1-3H3/q+1. The van der Waals surface area contributed by atoms with Crippen molar-refractivity contribution in [3.8, 4) is 5.75 Å². The number of carbonyl (C=O) groups is 1. The first-order valence-electron chi connectivity index (χ1n) is 12.3. The smallest absolute Gasteiger partial charge is 0.227 e. The van der Waals surface area contributed by atoms with Crippen molar-refractivity contribution in [1.82, 2.24) is 9.88 Å². The number of fused-ring (bicyclic) bond motifs is 2. The topological polar surface area (TPSA) is 66.5 Å². The molecule has 3 heterocycles. The number of benzene rings is 1. The van der Waals surface area contributed by atoms with Crippen LogP contribution in [0, 0.1) is 13.8 Å². The third-order valence-electron chi connectivity index (χ3n) is 7.11. The van der Waals surface area contributed by atoms with Gasteiger partial charge >= 0.3 is 0 Å². The van der Waals surface area contributed by atoms with E-state index in [0.717, 1.165) is 47.4 Å². The second-order valence-corrected chi connectivity index (χ2v) is 9.64. The van der Waals surface area contributed by atoms with Crippen molar-refractivity contribution in [2.45, 2.75) is 46.0 Å². The average Bonchev–Trinajstić information content (AvgIpc) is 3.01. The Hall–Kier alpha value is -3.67. The number of pyridine rings is 2. The van der Waals surface area contributed by atoms with Gasteiger partial charge in [0.05, 0.1) is 19.2 Å². The lowest BCUT2D eigenvalue weighted by molar-refractivity contribution is -0.904. The summed E-state index contributed by atoms with van der Waals surface area (Å²) >= 11 is 0. The molecule has 2 aliphatic rings. The van der Waals surface area contributed by atoms with Crippen LogP contribution in [-0.4, -0.2) is 41.2 Å². The first-order valence-corrected chi connectivity index (χ1v) is 12.3. The Bertz CT molecular complexity index is 1300. The number of aromatic nitrogens is 2. The van der Waals surface area contributed by atoms with Crippen LogP contribution in [0.5, 0.6) is 5.75 Å². The number of amides is 1. The number of methoxy groups -OCH3 is 1. The molecule has 2 aromatic heterocycles. The summed E-state index contributed by atoms with van der Waals surface area (Å²) in [5.41, 5.74) is 10.7. The molecule has 6 heteroatoms. The predicted molar refractivity (Wildman–Crippen MR) is 133 cm³/mol. The first kappa shape index (κ1) is 23.1. The van der Waals surface area contributed by atoms with E-state index in [1.54, 1.807) is 31.6 Å². The Labute approximate surface area is 206 Å². The van der Waals surface area contributed by atoms with Crippen molar-refractivity contribution >= 4 is 11.5 Å². The Morgan fingerprint density at radius 2 is 1.71 bits per heavy atom. The summed E-state index contributed by atoms with van der Waals surface area (Å²) < 4.78 is 6.88. The molecule has 1 fully saturated rings. The maximum absolute atomic E-state index is 13.0. The molecule has 1 aromatic carbocycles. The van der Waals surface area contributed by atoms with Crippen molar-refractivity contribution in [2.24, 2.45) is 0 Å². The molecular formula is C29H32N3O3+. The fourth-order valence-electron chi connectivity index (χ4n) is 5.37. The molecule has 0 radical (unpaired) electrons. The third-order valence-corrected chi connectivity index (χ3v) is 7.11. The molecule has 1 amide bonds. The van der Waals surface area contributed by atoms with Crippen LogP contribution in [0.3, 0.4) is 0 Å². The number of carbonyl (C=O) groups excluding carboxylic acids is 1. The van der Waals surface area contributed by atoms with Gasteiger partial charge in [0.2, 0.25) is 18.3 Å². The zero-order chi connectivity index (χ0) is 24.5. The normalized spacial score (nSPS) is 15.3. The van der Waals surface area contributed by atoms with Gasteiger partial charge in [-0.3, -0.25) is 15.0 Å². The van der Waals surface area contributed by atoms with Gasteiger partial charge in [-0.25, -0.2) is 0 Å². The highest BCUT2D eigenvalue weighted by Gasteiger charge is 2.29. The van der Waals surface area contributed by atoms with Crippen LogP contribution >= 0.6 is 0 Å². The Kier molecular flexibility index (Phi) is 6.29. The van der Waals surface area contributed by atoms with E-state index in [-0.39, 0.29) is 5.91 Å². The predicted octanol–water partition coefficient (Wildman–Crippen LogP) is 4.00. The Balaban J connectivity index is 1.49. The van der Waals surface area contributed by atoms with Gasteiger partial charge in [0.1, 0.15) is 5.75 Å². The number of likely N-dealkylation sites (tertiary alicyclic amines) is 1. The van der Waals surface area contributed by atoms with Crippen LogP contribution in [0.1, 0.15) is 51.9 Å².